The average molecular weight is 623 g/mol. The van der Waals surface area contributed by atoms with E-state index in [1.807, 2.05) is 20.8 Å². The van der Waals surface area contributed by atoms with E-state index in [2.05, 4.69) is 0 Å². The van der Waals surface area contributed by atoms with Gasteiger partial charge in [-0.25, -0.2) is 18.4 Å². The summed E-state index contributed by atoms with van der Waals surface area (Å²) in [6.07, 6.45) is -1.53. The number of esters is 3. The van der Waals surface area contributed by atoms with Gasteiger partial charge in [-0.3, -0.25) is 4.79 Å². The molecule has 1 heterocycles. The number of carbonyl (C=O) groups excluding carboxylic acids is 3. The Kier molecular flexibility index (Phi) is 8.92. The van der Waals surface area contributed by atoms with Gasteiger partial charge in [0.15, 0.2) is 0 Å². The molecule has 0 aromatic heterocycles. The minimum absolute atomic E-state index is 0.0374. The maximum atomic E-state index is 13.9. The number of thioether (sulfide) groups is 2. The van der Waals surface area contributed by atoms with Crippen LogP contribution in [0.3, 0.4) is 0 Å². The van der Waals surface area contributed by atoms with Crippen LogP contribution in [0.1, 0.15) is 67.2 Å². The molecule has 1 aliphatic heterocycles. The fraction of sp³-hybridized carbons (Fsp3) is 0.885. The quantitative estimate of drug-likeness (QED) is 0.159. The standard InChI is InChI=1S/C26H36F6O6S2/c1-7-25(31,32)19(35)37-12-24(11-36-16(33)10-22(5,27)28)13-39-26(40-14-24)17(38-18(34)23(6,29)30)15-8-9-21(26,4)20(15,2)3/h15,17H,7-14H2,1-6H3. The Morgan fingerprint density at radius 1 is 0.900 bits per heavy atom. The normalized spacial score (nSPS) is 33.6. The Labute approximate surface area is 238 Å². The molecule has 14 heteroatoms. The Balaban J connectivity index is 1.89. The zero-order valence-corrected chi connectivity index (χ0v) is 25.0. The molecular weight excluding hydrogens is 586 g/mol. The minimum atomic E-state index is -3.74. The first-order valence-electron chi connectivity index (χ1n) is 13.0. The lowest BCUT2D eigenvalue weighted by molar-refractivity contribution is -0.179. The van der Waals surface area contributed by atoms with Crippen molar-refractivity contribution in [2.75, 3.05) is 24.7 Å². The summed E-state index contributed by atoms with van der Waals surface area (Å²) >= 11 is 2.51. The molecule has 3 fully saturated rings. The van der Waals surface area contributed by atoms with E-state index in [9.17, 15) is 40.7 Å². The predicted octanol–water partition coefficient (Wildman–Crippen LogP) is 6.35. The highest BCUT2D eigenvalue weighted by atomic mass is 32.2. The molecule has 0 amide bonds. The van der Waals surface area contributed by atoms with Crippen molar-refractivity contribution in [3.05, 3.63) is 0 Å². The Morgan fingerprint density at radius 3 is 1.95 bits per heavy atom. The topological polar surface area (TPSA) is 78.9 Å². The molecule has 6 nitrogen and oxygen atoms in total. The molecule has 3 rings (SSSR count). The van der Waals surface area contributed by atoms with Gasteiger partial charge < -0.3 is 14.2 Å². The fourth-order valence-electron chi connectivity index (χ4n) is 5.95. The van der Waals surface area contributed by atoms with Crippen LogP contribution in [-0.2, 0) is 28.6 Å². The average Bonchev–Trinajstić information content (AvgIpc) is 3.13. The number of hydrogen-bond donors (Lipinski definition) is 0. The third-order valence-corrected chi connectivity index (χ3v) is 13.3. The molecule has 230 valence electrons. The number of halogens is 6. The van der Waals surface area contributed by atoms with Crippen LogP contribution in [0.15, 0.2) is 0 Å². The first-order valence-corrected chi connectivity index (χ1v) is 15.0. The van der Waals surface area contributed by atoms with Crippen LogP contribution in [0.5, 0.6) is 0 Å². The van der Waals surface area contributed by atoms with E-state index in [0.29, 0.717) is 26.7 Å². The lowest BCUT2D eigenvalue weighted by atomic mass is 9.70. The van der Waals surface area contributed by atoms with Gasteiger partial charge in [0.1, 0.15) is 29.8 Å². The summed E-state index contributed by atoms with van der Waals surface area (Å²) in [6, 6.07) is 0. The minimum Gasteiger partial charge on any atom is -0.465 e. The van der Waals surface area contributed by atoms with Crippen LogP contribution in [0.4, 0.5) is 26.3 Å². The van der Waals surface area contributed by atoms with Crippen LogP contribution in [-0.4, -0.2) is 70.6 Å². The second kappa shape index (κ2) is 10.8. The summed E-state index contributed by atoms with van der Waals surface area (Å²) in [5.41, 5.74) is -2.17. The highest BCUT2D eigenvalue weighted by molar-refractivity contribution is 8.19. The van der Waals surface area contributed by atoms with Crippen LogP contribution < -0.4 is 0 Å². The van der Waals surface area contributed by atoms with Gasteiger partial charge in [0, 0.05) is 36.2 Å². The maximum absolute atomic E-state index is 13.9. The highest BCUT2D eigenvalue weighted by Crippen LogP contribution is 2.78. The maximum Gasteiger partial charge on any atom is 0.377 e. The number of alkyl halides is 6. The van der Waals surface area contributed by atoms with E-state index in [1.165, 1.54) is 23.5 Å². The van der Waals surface area contributed by atoms with E-state index in [1.54, 1.807) is 0 Å². The van der Waals surface area contributed by atoms with Crippen molar-refractivity contribution < 1.29 is 54.9 Å². The Bertz CT molecular complexity index is 1000. The van der Waals surface area contributed by atoms with Crippen molar-refractivity contribution in [1.29, 1.82) is 0 Å². The van der Waals surface area contributed by atoms with Crippen molar-refractivity contribution in [2.45, 2.75) is 95.2 Å². The third kappa shape index (κ3) is 5.94. The van der Waals surface area contributed by atoms with Crippen molar-refractivity contribution in [3.8, 4) is 0 Å². The van der Waals surface area contributed by atoms with Gasteiger partial charge in [-0.05, 0) is 25.2 Å². The van der Waals surface area contributed by atoms with Gasteiger partial charge in [0.05, 0.1) is 5.41 Å². The van der Waals surface area contributed by atoms with Gasteiger partial charge in [0.2, 0.25) is 0 Å². The van der Waals surface area contributed by atoms with Crippen LogP contribution in [0.2, 0.25) is 0 Å². The zero-order chi connectivity index (χ0) is 30.6. The summed E-state index contributed by atoms with van der Waals surface area (Å²) < 4.78 is 96.9. The Morgan fingerprint density at radius 2 is 1.45 bits per heavy atom. The van der Waals surface area contributed by atoms with Crippen LogP contribution in [0, 0.1) is 22.2 Å². The van der Waals surface area contributed by atoms with E-state index in [-0.39, 0.29) is 17.4 Å². The van der Waals surface area contributed by atoms with Crippen molar-refractivity contribution >= 4 is 41.4 Å². The van der Waals surface area contributed by atoms with Crippen molar-refractivity contribution in [3.63, 3.8) is 0 Å². The van der Waals surface area contributed by atoms with Crippen LogP contribution >= 0.6 is 23.5 Å². The SMILES string of the molecule is CCC(F)(F)C(=O)OCC1(COC(=O)CC(C)(F)F)CSC2(SC1)C(OC(=O)C(C)(F)F)C1CCC2(C)C1(C)C. The summed E-state index contributed by atoms with van der Waals surface area (Å²) in [6.45, 7) is 7.03. The first kappa shape index (κ1) is 33.2. The van der Waals surface area contributed by atoms with Gasteiger partial charge in [0.25, 0.3) is 5.92 Å². The third-order valence-electron chi connectivity index (χ3n) is 8.84. The lowest BCUT2D eigenvalue weighted by Gasteiger charge is -2.54. The molecule has 2 saturated carbocycles. The number of hydrogen-bond acceptors (Lipinski definition) is 8. The largest absolute Gasteiger partial charge is 0.465 e. The fourth-order valence-corrected chi connectivity index (χ4v) is 10.5. The summed E-state index contributed by atoms with van der Waals surface area (Å²) in [7, 11) is 0. The lowest BCUT2D eigenvalue weighted by Crippen LogP contribution is -2.56. The molecule has 0 aromatic rings. The van der Waals surface area contributed by atoms with Crippen LogP contribution in [0.25, 0.3) is 0 Å². The molecule has 1 spiro atoms. The van der Waals surface area contributed by atoms with Crippen molar-refractivity contribution in [1.82, 2.24) is 0 Å². The molecule has 3 aliphatic rings. The monoisotopic (exact) mass is 622 g/mol. The van der Waals surface area contributed by atoms with Crippen molar-refractivity contribution in [2.24, 2.45) is 22.2 Å². The second-order valence-electron chi connectivity index (χ2n) is 12.2. The van der Waals surface area contributed by atoms with Gasteiger partial charge in [-0.2, -0.15) is 17.6 Å². The summed E-state index contributed by atoms with van der Waals surface area (Å²) in [4.78, 5) is 36.4. The molecule has 2 bridgehead atoms. The molecular formula is C26H36F6O6S2. The number of fused-ring (bicyclic) bond motifs is 3. The molecule has 40 heavy (non-hydrogen) atoms. The second-order valence-corrected chi connectivity index (χ2v) is 14.9. The molecule has 2 aliphatic carbocycles. The van der Waals surface area contributed by atoms with E-state index in [0.717, 1.165) is 6.92 Å². The van der Waals surface area contributed by atoms with E-state index < -0.39 is 88.2 Å². The van der Waals surface area contributed by atoms with E-state index >= 15 is 0 Å². The summed E-state index contributed by atoms with van der Waals surface area (Å²) in [5.74, 6) is -15.6. The molecule has 0 N–H and O–H groups in total. The highest BCUT2D eigenvalue weighted by Gasteiger charge is 2.77. The Hall–Kier alpha value is -1.31. The van der Waals surface area contributed by atoms with E-state index in [4.69, 9.17) is 14.2 Å². The number of rotatable bonds is 10. The molecule has 0 radical (unpaired) electrons. The first-order chi connectivity index (χ1) is 18.1. The van der Waals surface area contributed by atoms with Gasteiger partial charge >= 0.3 is 29.8 Å². The van der Waals surface area contributed by atoms with Gasteiger partial charge in [-0.15, -0.1) is 23.5 Å². The smallest absolute Gasteiger partial charge is 0.377 e. The number of ether oxygens (including phenoxy) is 3. The number of carbonyl (C=O) groups is 3. The zero-order valence-electron chi connectivity index (χ0n) is 23.3. The molecule has 3 atom stereocenters. The summed E-state index contributed by atoms with van der Waals surface area (Å²) in [5, 5.41) is 0. The van der Waals surface area contributed by atoms with Gasteiger partial charge in [-0.1, -0.05) is 27.7 Å². The molecule has 1 saturated heterocycles. The molecule has 0 aromatic carbocycles. The molecule has 3 unspecified atom stereocenters. The predicted molar refractivity (Wildman–Crippen MR) is 138 cm³/mol.